The van der Waals surface area contributed by atoms with E-state index in [1.54, 1.807) is 20.8 Å². The van der Waals surface area contributed by atoms with E-state index < -0.39 is 50.1 Å². The number of amides is 1. The summed E-state index contributed by atoms with van der Waals surface area (Å²) in [5, 5.41) is 2.34. The Morgan fingerprint density at radius 3 is 2.62 bits per heavy atom. The number of benzene rings is 1. The average molecular weight is 537 g/mol. The lowest BCUT2D eigenvalue weighted by Gasteiger charge is -2.39. The van der Waals surface area contributed by atoms with E-state index in [1.807, 2.05) is 0 Å². The van der Waals surface area contributed by atoms with Crippen LogP contribution in [0, 0.1) is 11.6 Å². The molecule has 2 aromatic rings. The molecular formula is C24H26F2N4O6S. The zero-order valence-electron chi connectivity index (χ0n) is 20.6. The Labute approximate surface area is 212 Å². The Hall–Kier alpha value is -3.45. The third-order valence-corrected chi connectivity index (χ3v) is 7.89. The lowest BCUT2D eigenvalue weighted by Crippen LogP contribution is -2.58. The van der Waals surface area contributed by atoms with Crippen LogP contribution in [0.3, 0.4) is 0 Å². The first-order valence-corrected chi connectivity index (χ1v) is 12.9. The number of hydrogen-bond donors (Lipinski definition) is 1. The van der Waals surface area contributed by atoms with Gasteiger partial charge in [-0.3, -0.25) is 15.1 Å². The predicted molar refractivity (Wildman–Crippen MR) is 128 cm³/mol. The quantitative estimate of drug-likeness (QED) is 0.596. The Morgan fingerprint density at radius 1 is 1.24 bits per heavy atom. The van der Waals surface area contributed by atoms with Crippen LogP contribution >= 0.6 is 0 Å². The lowest BCUT2D eigenvalue weighted by molar-refractivity contribution is 0.0557. The lowest BCUT2D eigenvalue weighted by atomic mass is 9.87. The molecule has 0 bridgehead atoms. The Balaban J connectivity index is 1.74. The molecule has 1 N–H and O–H groups in total. The standard InChI is InChI=1S/C24H26F2N4O6S/c1-23(2,3)36-22(32)28-21-29-24(9-10-35-20(24)37(33,34)30(21)4)16-11-14(5-7-17(16)26)12-19(31)18-8-6-15(25)13-27-18/h5-8,11,13,20H,9-10,12H2,1-4H3,(H,28,29,32)/t20?,24-/m1/s1. The number of fused-ring (bicyclic) bond motifs is 1. The fourth-order valence-corrected chi connectivity index (χ4v) is 5.87. The molecule has 1 unspecified atom stereocenters. The van der Waals surface area contributed by atoms with Gasteiger partial charge in [0.1, 0.15) is 28.5 Å². The predicted octanol–water partition coefficient (Wildman–Crippen LogP) is 2.88. The normalized spacial score (nSPS) is 22.7. The van der Waals surface area contributed by atoms with Crippen molar-refractivity contribution in [2.45, 2.75) is 50.2 Å². The third kappa shape index (κ3) is 5.18. The van der Waals surface area contributed by atoms with Gasteiger partial charge in [0.15, 0.2) is 5.78 Å². The molecule has 0 spiro atoms. The Morgan fingerprint density at radius 2 is 1.97 bits per heavy atom. The molecule has 1 saturated heterocycles. The molecule has 10 nitrogen and oxygen atoms in total. The number of carbonyl (C=O) groups is 2. The Bertz CT molecular complexity index is 1370. The van der Waals surface area contributed by atoms with Crippen molar-refractivity contribution in [2.24, 2.45) is 4.99 Å². The number of aliphatic imine (C=N–C) groups is 1. The van der Waals surface area contributed by atoms with E-state index in [2.05, 4.69) is 15.3 Å². The van der Waals surface area contributed by atoms with Crippen LogP contribution in [-0.2, 0) is 31.5 Å². The number of guanidine groups is 1. The molecule has 13 heteroatoms. The largest absolute Gasteiger partial charge is 0.444 e. The zero-order valence-corrected chi connectivity index (χ0v) is 21.4. The summed E-state index contributed by atoms with van der Waals surface area (Å²) >= 11 is 0. The van der Waals surface area contributed by atoms with Crippen molar-refractivity contribution in [1.82, 2.24) is 14.6 Å². The maximum atomic E-state index is 15.3. The van der Waals surface area contributed by atoms with Gasteiger partial charge in [-0.25, -0.2) is 31.3 Å². The summed E-state index contributed by atoms with van der Waals surface area (Å²) in [4.78, 5) is 33.3. The number of aromatic nitrogens is 1. The summed E-state index contributed by atoms with van der Waals surface area (Å²) in [6, 6.07) is 6.20. The van der Waals surface area contributed by atoms with Crippen LogP contribution < -0.4 is 5.32 Å². The van der Waals surface area contributed by atoms with E-state index in [9.17, 15) is 22.4 Å². The van der Waals surface area contributed by atoms with Gasteiger partial charge in [0.25, 0.3) is 10.0 Å². The van der Waals surface area contributed by atoms with Gasteiger partial charge in [0.05, 0.1) is 12.8 Å². The molecular weight excluding hydrogens is 510 g/mol. The number of hydrogen-bond acceptors (Lipinski definition) is 8. The van der Waals surface area contributed by atoms with Crippen molar-refractivity contribution in [3.63, 3.8) is 0 Å². The summed E-state index contributed by atoms with van der Waals surface area (Å²) in [5.74, 6) is -2.15. The van der Waals surface area contributed by atoms with Gasteiger partial charge in [-0.2, -0.15) is 0 Å². The third-order valence-electron chi connectivity index (χ3n) is 5.89. The number of rotatable bonds is 4. The van der Waals surface area contributed by atoms with Crippen molar-refractivity contribution in [1.29, 1.82) is 0 Å². The number of sulfonamides is 1. The number of nitrogens with zero attached hydrogens (tertiary/aromatic N) is 3. The van der Waals surface area contributed by atoms with E-state index in [0.29, 0.717) is 5.56 Å². The van der Waals surface area contributed by atoms with Gasteiger partial charge in [0.2, 0.25) is 11.4 Å². The van der Waals surface area contributed by atoms with Crippen LogP contribution in [-0.4, -0.2) is 60.2 Å². The van der Waals surface area contributed by atoms with Crippen LogP contribution in [0.5, 0.6) is 0 Å². The SMILES string of the molecule is CN1C(NC(=O)OC(C)(C)C)=N[C@@]2(c3cc(CC(=O)c4ccc(F)cn4)ccc3F)CCOC2S1(=O)=O. The number of ether oxygens (including phenoxy) is 2. The van der Waals surface area contributed by atoms with Crippen LogP contribution in [0.1, 0.15) is 48.8 Å². The second-order valence-electron chi connectivity index (χ2n) is 9.73. The van der Waals surface area contributed by atoms with E-state index in [1.165, 1.54) is 25.2 Å². The van der Waals surface area contributed by atoms with Crippen molar-refractivity contribution < 1.29 is 36.3 Å². The Kier molecular flexibility index (Phi) is 6.80. The van der Waals surface area contributed by atoms with E-state index in [-0.39, 0.29) is 36.7 Å². The minimum absolute atomic E-state index is 0.00191. The number of carbonyl (C=O) groups excluding carboxylic acids is 2. The summed E-state index contributed by atoms with van der Waals surface area (Å²) in [5.41, 5.74) is -3.87. The molecule has 2 aliphatic heterocycles. The maximum Gasteiger partial charge on any atom is 0.414 e. The summed E-state index contributed by atoms with van der Waals surface area (Å²) in [6.45, 7) is 4.88. The maximum absolute atomic E-state index is 15.3. The summed E-state index contributed by atoms with van der Waals surface area (Å²) < 4.78 is 66.6. The molecule has 1 amide bonds. The van der Waals surface area contributed by atoms with E-state index in [0.717, 1.165) is 22.6 Å². The smallest absolute Gasteiger partial charge is 0.414 e. The minimum atomic E-state index is -4.25. The van der Waals surface area contributed by atoms with E-state index in [4.69, 9.17) is 9.47 Å². The number of ketones is 1. The molecule has 2 atom stereocenters. The van der Waals surface area contributed by atoms with Crippen LogP contribution in [0.2, 0.25) is 0 Å². The first kappa shape index (κ1) is 26.6. The van der Waals surface area contributed by atoms with Gasteiger partial charge in [-0.1, -0.05) is 6.07 Å². The summed E-state index contributed by atoms with van der Waals surface area (Å²) in [6.07, 6.45) is -0.224. The van der Waals surface area contributed by atoms with E-state index >= 15 is 4.39 Å². The average Bonchev–Trinajstić information content (AvgIpc) is 3.24. The van der Waals surface area contributed by atoms with Crippen molar-refractivity contribution in [2.75, 3.05) is 13.7 Å². The molecule has 3 heterocycles. The molecule has 2 aliphatic rings. The first-order chi connectivity index (χ1) is 17.2. The molecule has 0 saturated carbocycles. The highest BCUT2D eigenvalue weighted by Gasteiger charge is 2.59. The molecule has 0 aliphatic carbocycles. The number of nitrogens with one attached hydrogen (secondary N) is 1. The number of Topliss-reactive ketones (excluding diaryl/α,β-unsaturated/α-hetero) is 1. The topological polar surface area (TPSA) is 127 Å². The highest BCUT2D eigenvalue weighted by atomic mass is 32.2. The van der Waals surface area contributed by atoms with Gasteiger partial charge >= 0.3 is 6.09 Å². The molecule has 37 heavy (non-hydrogen) atoms. The molecule has 0 radical (unpaired) electrons. The van der Waals surface area contributed by atoms with Gasteiger partial charge in [0, 0.05) is 25.5 Å². The number of pyridine rings is 1. The first-order valence-electron chi connectivity index (χ1n) is 11.4. The highest BCUT2D eigenvalue weighted by Crippen LogP contribution is 2.46. The van der Waals surface area contributed by atoms with Gasteiger partial charge < -0.3 is 9.47 Å². The van der Waals surface area contributed by atoms with Crippen LogP contribution in [0.25, 0.3) is 0 Å². The van der Waals surface area contributed by atoms with Crippen molar-refractivity contribution in [3.05, 3.63) is 65.0 Å². The monoisotopic (exact) mass is 536 g/mol. The second kappa shape index (κ2) is 9.45. The molecule has 1 aromatic heterocycles. The fraction of sp³-hybridized carbons (Fsp3) is 0.417. The summed E-state index contributed by atoms with van der Waals surface area (Å²) in [7, 11) is -3.06. The van der Waals surface area contributed by atoms with Crippen molar-refractivity contribution >= 4 is 27.9 Å². The van der Waals surface area contributed by atoms with Crippen molar-refractivity contribution in [3.8, 4) is 0 Å². The van der Waals surface area contributed by atoms with Crippen LogP contribution in [0.4, 0.5) is 13.6 Å². The molecule has 198 valence electrons. The zero-order chi connectivity index (χ0) is 27.2. The van der Waals surface area contributed by atoms with Crippen LogP contribution in [0.15, 0.2) is 41.5 Å². The van der Waals surface area contributed by atoms with Gasteiger partial charge in [-0.15, -0.1) is 0 Å². The number of halogens is 2. The fourth-order valence-electron chi connectivity index (χ4n) is 4.20. The van der Waals surface area contributed by atoms with Gasteiger partial charge in [-0.05, 0) is 50.6 Å². The number of alkyl carbamates (subject to hydrolysis) is 1. The molecule has 1 fully saturated rings. The minimum Gasteiger partial charge on any atom is -0.444 e. The second-order valence-corrected chi connectivity index (χ2v) is 11.7. The molecule has 4 rings (SSSR count). The molecule has 1 aromatic carbocycles. The highest BCUT2D eigenvalue weighted by molar-refractivity contribution is 7.90.